The number of benzene rings is 1. The van der Waals surface area contributed by atoms with Crippen LogP contribution in [-0.2, 0) is 0 Å². The van der Waals surface area contributed by atoms with Crippen molar-refractivity contribution in [2.75, 3.05) is 6.26 Å². The smallest absolute Gasteiger partial charge is 0.121 e. The molecule has 0 amide bonds. The van der Waals surface area contributed by atoms with E-state index in [-0.39, 0.29) is 0 Å². The molecule has 1 saturated carbocycles. The number of rotatable bonds is 3. The summed E-state index contributed by atoms with van der Waals surface area (Å²) >= 11 is 1.59. The lowest BCUT2D eigenvalue weighted by Gasteiger charge is -2.06. The maximum atomic E-state index is 8.90. The molecule has 1 aliphatic rings. The average Bonchev–Trinajstić information content (AvgIpc) is 3.01. The Morgan fingerprint density at radius 1 is 1.50 bits per heavy atom. The van der Waals surface area contributed by atoms with Crippen molar-refractivity contribution in [1.82, 2.24) is 0 Å². The van der Waals surface area contributed by atoms with Crippen LogP contribution in [0.3, 0.4) is 0 Å². The average molecular weight is 205 g/mol. The van der Waals surface area contributed by atoms with Crippen molar-refractivity contribution in [2.45, 2.75) is 23.8 Å². The van der Waals surface area contributed by atoms with Gasteiger partial charge in [-0.05, 0) is 37.3 Å². The van der Waals surface area contributed by atoms with E-state index in [0.717, 1.165) is 23.5 Å². The zero-order valence-electron chi connectivity index (χ0n) is 7.99. The van der Waals surface area contributed by atoms with Gasteiger partial charge in [0, 0.05) is 4.90 Å². The van der Waals surface area contributed by atoms with Gasteiger partial charge in [-0.15, -0.1) is 11.8 Å². The normalized spacial score (nSPS) is 14.9. The highest BCUT2D eigenvalue weighted by molar-refractivity contribution is 7.98. The quantitative estimate of drug-likeness (QED) is 0.711. The van der Waals surface area contributed by atoms with E-state index in [2.05, 4.69) is 6.07 Å². The highest BCUT2D eigenvalue weighted by atomic mass is 32.2. The van der Waals surface area contributed by atoms with Gasteiger partial charge in [0.05, 0.1) is 11.7 Å². The van der Waals surface area contributed by atoms with Crippen molar-refractivity contribution in [2.24, 2.45) is 0 Å². The molecule has 0 N–H and O–H groups in total. The Bertz CT molecular complexity index is 379. The second kappa shape index (κ2) is 3.93. The lowest BCUT2D eigenvalue weighted by molar-refractivity contribution is 0.303. The first-order valence-corrected chi connectivity index (χ1v) is 5.81. The van der Waals surface area contributed by atoms with Gasteiger partial charge in [-0.1, -0.05) is 0 Å². The van der Waals surface area contributed by atoms with Crippen LogP contribution in [0.15, 0.2) is 23.1 Å². The topological polar surface area (TPSA) is 33.0 Å². The molecule has 14 heavy (non-hydrogen) atoms. The molecule has 0 radical (unpaired) electrons. The molecule has 1 aromatic rings. The molecule has 1 fully saturated rings. The van der Waals surface area contributed by atoms with E-state index < -0.39 is 0 Å². The Labute approximate surface area is 87.9 Å². The number of nitriles is 1. The molecule has 2 rings (SSSR count). The van der Waals surface area contributed by atoms with Crippen molar-refractivity contribution >= 4 is 11.8 Å². The van der Waals surface area contributed by atoms with Gasteiger partial charge in [-0.25, -0.2) is 0 Å². The third-order valence-corrected chi connectivity index (χ3v) is 2.91. The molecular formula is C11H11NOS. The molecule has 2 nitrogen and oxygen atoms in total. The van der Waals surface area contributed by atoms with Crippen LogP contribution in [-0.4, -0.2) is 12.4 Å². The van der Waals surface area contributed by atoms with Crippen molar-refractivity contribution in [3.05, 3.63) is 23.8 Å². The van der Waals surface area contributed by atoms with E-state index in [9.17, 15) is 0 Å². The number of ether oxygens (including phenoxy) is 1. The Balaban J connectivity index is 2.22. The fourth-order valence-electron chi connectivity index (χ4n) is 1.23. The Morgan fingerprint density at radius 2 is 2.29 bits per heavy atom. The highest BCUT2D eigenvalue weighted by Crippen LogP contribution is 2.29. The van der Waals surface area contributed by atoms with Crippen LogP contribution >= 0.6 is 11.8 Å². The highest BCUT2D eigenvalue weighted by Gasteiger charge is 2.23. The molecule has 0 heterocycles. The summed E-state index contributed by atoms with van der Waals surface area (Å²) in [5.41, 5.74) is 0.704. The molecule has 0 spiro atoms. The van der Waals surface area contributed by atoms with E-state index in [1.807, 2.05) is 24.5 Å². The zero-order chi connectivity index (χ0) is 9.97. The molecule has 0 aliphatic heterocycles. The molecule has 3 heteroatoms. The van der Waals surface area contributed by atoms with E-state index in [0.29, 0.717) is 11.7 Å². The number of hydrogen-bond acceptors (Lipinski definition) is 3. The van der Waals surface area contributed by atoms with Crippen molar-refractivity contribution in [3.8, 4) is 11.8 Å². The van der Waals surface area contributed by atoms with Gasteiger partial charge in [0.15, 0.2) is 0 Å². The molecular weight excluding hydrogens is 194 g/mol. The van der Waals surface area contributed by atoms with Gasteiger partial charge in [-0.3, -0.25) is 0 Å². The lowest BCUT2D eigenvalue weighted by Crippen LogP contribution is -1.96. The van der Waals surface area contributed by atoms with E-state index in [4.69, 9.17) is 10.00 Å². The molecule has 1 aliphatic carbocycles. The van der Waals surface area contributed by atoms with E-state index in [1.54, 1.807) is 11.8 Å². The maximum Gasteiger partial charge on any atom is 0.121 e. The molecule has 0 aromatic heterocycles. The van der Waals surface area contributed by atoms with Crippen LogP contribution in [0.25, 0.3) is 0 Å². The van der Waals surface area contributed by atoms with Crippen LogP contribution in [0.4, 0.5) is 0 Å². The molecule has 0 bridgehead atoms. The summed E-state index contributed by atoms with van der Waals surface area (Å²) < 4.78 is 5.61. The fourth-order valence-corrected chi connectivity index (χ4v) is 1.75. The zero-order valence-corrected chi connectivity index (χ0v) is 8.80. The third-order valence-electron chi connectivity index (χ3n) is 2.12. The summed E-state index contributed by atoms with van der Waals surface area (Å²) in [6.45, 7) is 0. The van der Waals surface area contributed by atoms with Crippen LogP contribution in [0.1, 0.15) is 18.4 Å². The summed E-state index contributed by atoms with van der Waals surface area (Å²) in [7, 11) is 0. The lowest BCUT2D eigenvalue weighted by atomic mass is 10.2. The number of hydrogen-bond donors (Lipinski definition) is 0. The van der Waals surface area contributed by atoms with Crippen LogP contribution in [0.2, 0.25) is 0 Å². The Hall–Kier alpha value is -1.14. The van der Waals surface area contributed by atoms with Gasteiger partial charge >= 0.3 is 0 Å². The maximum absolute atomic E-state index is 8.90. The van der Waals surface area contributed by atoms with Crippen LogP contribution < -0.4 is 4.74 Å². The monoisotopic (exact) mass is 205 g/mol. The first kappa shape index (κ1) is 9.42. The number of thioether (sulfide) groups is 1. The number of nitrogens with zero attached hydrogens (tertiary/aromatic N) is 1. The molecule has 72 valence electrons. The second-order valence-corrected chi connectivity index (χ2v) is 4.14. The minimum atomic E-state index is 0.390. The van der Waals surface area contributed by atoms with E-state index in [1.165, 1.54) is 0 Å². The van der Waals surface area contributed by atoms with E-state index >= 15 is 0 Å². The second-order valence-electron chi connectivity index (χ2n) is 3.29. The standard InChI is InChI=1S/C11H11NOS/c1-14-11-5-4-10(6-8(11)7-12)13-9-2-3-9/h4-6,9H,2-3H2,1H3. The van der Waals surface area contributed by atoms with Gasteiger partial charge in [0.1, 0.15) is 11.8 Å². The molecule has 0 unspecified atom stereocenters. The fraction of sp³-hybridized carbons (Fsp3) is 0.364. The van der Waals surface area contributed by atoms with Gasteiger partial charge in [0.25, 0.3) is 0 Å². The van der Waals surface area contributed by atoms with Gasteiger partial charge < -0.3 is 4.74 Å². The molecule has 0 atom stereocenters. The molecule has 1 aromatic carbocycles. The van der Waals surface area contributed by atoms with Crippen molar-refractivity contribution < 1.29 is 4.74 Å². The largest absolute Gasteiger partial charge is 0.490 e. The minimum absolute atomic E-state index is 0.390. The molecule has 0 saturated heterocycles. The minimum Gasteiger partial charge on any atom is -0.490 e. The van der Waals surface area contributed by atoms with Crippen molar-refractivity contribution in [1.29, 1.82) is 5.26 Å². The van der Waals surface area contributed by atoms with Crippen LogP contribution in [0.5, 0.6) is 5.75 Å². The Morgan fingerprint density at radius 3 is 2.86 bits per heavy atom. The first-order chi connectivity index (χ1) is 6.83. The third kappa shape index (κ3) is 2.02. The van der Waals surface area contributed by atoms with Crippen LogP contribution in [0, 0.1) is 11.3 Å². The summed E-state index contributed by atoms with van der Waals surface area (Å²) in [6, 6.07) is 7.88. The predicted octanol–water partition coefficient (Wildman–Crippen LogP) is 2.82. The summed E-state index contributed by atoms with van der Waals surface area (Å²) in [5, 5.41) is 8.90. The SMILES string of the molecule is CSc1ccc(OC2CC2)cc1C#N. The summed E-state index contributed by atoms with van der Waals surface area (Å²) in [4.78, 5) is 1.01. The van der Waals surface area contributed by atoms with Crippen molar-refractivity contribution in [3.63, 3.8) is 0 Å². The van der Waals surface area contributed by atoms with Gasteiger partial charge in [-0.2, -0.15) is 5.26 Å². The van der Waals surface area contributed by atoms with Gasteiger partial charge in [0.2, 0.25) is 0 Å². The predicted molar refractivity (Wildman–Crippen MR) is 56.6 cm³/mol. The Kier molecular flexibility index (Phi) is 2.64. The summed E-state index contributed by atoms with van der Waals surface area (Å²) in [5.74, 6) is 0.821. The first-order valence-electron chi connectivity index (χ1n) is 4.58. The summed E-state index contributed by atoms with van der Waals surface area (Å²) in [6.07, 6.45) is 4.65.